The van der Waals surface area contributed by atoms with Crippen molar-refractivity contribution in [2.24, 2.45) is 7.05 Å². The number of hydrogen-bond donors (Lipinski definition) is 0. The molecule has 0 spiro atoms. The Balaban J connectivity index is 1.81. The number of ether oxygens (including phenoxy) is 1. The largest absolute Gasteiger partial charge is 0.448 e. The summed E-state index contributed by atoms with van der Waals surface area (Å²) < 4.78 is 6.50. The van der Waals surface area contributed by atoms with E-state index < -0.39 is 12.1 Å². The Morgan fingerprint density at radius 1 is 1.08 bits per heavy atom. The van der Waals surface area contributed by atoms with Crippen LogP contribution in [0.4, 0.5) is 0 Å². The average Bonchev–Trinajstić information content (AvgIpc) is 2.93. The molecule has 1 fully saturated rings. The summed E-state index contributed by atoms with van der Waals surface area (Å²) in [7, 11) is 1.48. The first-order chi connectivity index (χ1) is 12.5. The van der Waals surface area contributed by atoms with Gasteiger partial charge in [0.15, 0.2) is 11.8 Å². The number of esters is 1. The summed E-state index contributed by atoms with van der Waals surface area (Å²) >= 11 is 0. The molecule has 0 saturated carbocycles. The van der Waals surface area contributed by atoms with Crippen molar-refractivity contribution in [3.63, 3.8) is 0 Å². The molecule has 3 rings (SSSR count). The van der Waals surface area contributed by atoms with Gasteiger partial charge in [0, 0.05) is 25.5 Å². The summed E-state index contributed by atoms with van der Waals surface area (Å²) in [6.07, 6.45) is 3.29. The summed E-state index contributed by atoms with van der Waals surface area (Å²) in [6, 6.07) is 6.75. The molecule has 26 heavy (non-hydrogen) atoms. The van der Waals surface area contributed by atoms with Gasteiger partial charge in [0.2, 0.25) is 0 Å². The summed E-state index contributed by atoms with van der Waals surface area (Å²) in [5, 5.41) is 4.86. The zero-order chi connectivity index (χ0) is 18.7. The van der Waals surface area contributed by atoms with Crippen molar-refractivity contribution in [2.45, 2.75) is 38.7 Å². The SMILES string of the molecule is C[C@@H](OC(=O)c1nn(C)c(=O)c2ccccc12)C(=O)N1CCCCCC1. The second kappa shape index (κ2) is 7.68. The third-order valence-corrected chi connectivity index (χ3v) is 4.70. The van der Waals surface area contributed by atoms with E-state index in [1.54, 1.807) is 36.1 Å². The van der Waals surface area contributed by atoms with Gasteiger partial charge in [0.1, 0.15) is 0 Å². The first kappa shape index (κ1) is 18.1. The number of carbonyl (C=O) groups excluding carboxylic acids is 2. The Hall–Kier alpha value is -2.70. The summed E-state index contributed by atoms with van der Waals surface area (Å²) in [6.45, 7) is 2.97. The number of likely N-dealkylation sites (tertiary alicyclic amines) is 1. The van der Waals surface area contributed by atoms with Crippen LogP contribution in [0.25, 0.3) is 10.8 Å². The summed E-state index contributed by atoms with van der Waals surface area (Å²) in [4.78, 5) is 39.1. The van der Waals surface area contributed by atoms with E-state index >= 15 is 0 Å². The molecular weight excluding hydrogens is 334 g/mol. The van der Waals surface area contributed by atoms with Gasteiger partial charge in [0.05, 0.1) is 5.39 Å². The summed E-state index contributed by atoms with van der Waals surface area (Å²) in [5.41, 5.74) is -0.246. The Morgan fingerprint density at radius 3 is 2.35 bits per heavy atom. The third kappa shape index (κ3) is 3.61. The number of fused-ring (bicyclic) bond motifs is 1. The zero-order valence-corrected chi connectivity index (χ0v) is 15.1. The molecule has 1 saturated heterocycles. The van der Waals surface area contributed by atoms with Gasteiger partial charge in [-0.1, -0.05) is 31.0 Å². The first-order valence-corrected chi connectivity index (χ1v) is 8.95. The number of carbonyl (C=O) groups is 2. The number of aryl methyl sites for hydroxylation is 1. The molecule has 0 unspecified atom stereocenters. The van der Waals surface area contributed by atoms with Crippen molar-refractivity contribution in [1.82, 2.24) is 14.7 Å². The van der Waals surface area contributed by atoms with Gasteiger partial charge in [-0.25, -0.2) is 9.48 Å². The smallest absolute Gasteiger partial charge is 0.360 e. The Labute approximate surface area is 151 Å². The van der Waals surface area contributed by atoms with Gasteiger partial charge >= 0.3 is 5.97 Å². The lowest BCUT2D eigenvalue weighted by atomic mass is 10.1. The van der Waals surface area contributed by atoms with E-state index in [4.69, 9.17) is 4.74 Å². The minimum Gasteiger partial charge on any atom is -0.448 e. The van der Waals surface area contributed by atoms with Gasteiger partial charge < -0.3 is 9.64 Å². The molecular formula is C19H23N3O4. The van der Waals surface area contributed by atoms with Crippen LogP contribution in [0.2, 0.25) is 0 Å². The zero-order valence-electron chi connectivity index (χ0n) is 15.1. The van der Waals surface area contributed by atoms with Crippen molar-refractivity contribution in [1.29, 1.82) is 0 Å². The van der Waals surface area contributed by atoms with Crippen LogP contribution in [0.5, 0.6) is 0 Å². The van der Waals surface area contributed by atoms with E-state index in [9.17, 15) is 14.4 Å². The lowest BCUT2D eigenvalue weighted by molar-refractivity contribution is -0.139. The number of aromatic nitrogens is 2. The van der Waals surface area contributed by atoms with Gasteiger partial charge in [-0.15, -0.1) is 0 Å². The van der Waals surface area contributed by atoms with Crippen LogP contribution in [-0.4, -0.2) is 45.8 Å². The first-order valence-electron chi connectivity index (χ1n) is 8.95. The maximum Gasteiger partial charge on any atom is 0.360 e. The highest BCUT2D eigenvalue weighted by Crippen LogP contribution is 2.16. The highest BCUT2D eigenvalue weighted by molar-refractivity contribution is 6.02. The lowest BCUT2D eigenvalue weighted by Crippen LogP contribution is -2.40. The van der Waals surface area contributed by atoms with E-state index in [1.165, 1.54) is 7.05 Å². The van der Waals surface area contributed by atoms with E-state index in [0.717, 1.165) is 30.4 Å². The lowest BCUT2D eigenvalue weighted by Gasteiger charge is -2.24. The molecule has 2 aromatic rings. The molecule has 1 amide bonds. The molecule has 0 bridgehead atoms. The molecule has 1 atom stereocenters. The second-order valence-electron chi connectivity index (χ2n) is 6.61. The fourth-order valence-corrected chi connectivity index (χ4v) is 3.27. The molecule has 7 heteroatoms. The predicted molar refractivity (Wildman–Crippen MR) is 96.9 cm³/mol. The van der Waals surface area contributed by atoms with Crippen LogP contribution in [0.3, 0.4) is 0 Å². The normalized spacial score (nSPS) is 16.2. The van der Waals surface area contributed by atoms with Gasteiger partial charge in [-0.05, 0) is 25.8 Å². The van der Waals surface area contributed by atoms with Crippen molar-refractivity contribution in [3.05, 3.63) is 40.3 Å². The average molecular weight is 357 g/mol. The topological polar surface area (TPSA) is 81.5 Å². The van der Waals surface area contributed by atoms with E-state index in [0.29, 0.717) is 23.9 Å². The van der Waals surface area contributed by atoms with Crippen LogP contribution in [0, 0.1) is 0 Å². The molecule has 0 aliphatic carbocycles. The fraction of sp³-hybridized carbons (Fsp3) is 0.474. The highest BCUT2D eigenvalue weighted by atomic mass is 16.5. The molecule has 1 aromatic carbocycles. The quantitative estimate of drug-likeness (QED) is 0.784. The predicted octanol–water partition coefficient (Wildman–Crippen LogP) is 1.88. The highest BCUT2D eigenvalue weighted by Gasteiger charge is 2.26. The van der Waals surface area contributed by atoms with Gasteiger partial charge in [0.25, 0.3) is 11.5 Å². The molecule has 0 N–H and O–H groups in total. The number of hydrogen-bond acceptors (Lipinski definition) is 5. The minimum atomic E-state index is -0.890. The third-order valence-electron chi connectivity index (χ3n) is 4.70. The van der Waals surface area contributed by atoms with Crippen LogP contribution in [0.1, 0.15) is 43.1 Å². The van der Waals surface area contributed by atoms with Gasteiger partial charge in [-0.3, -0.25) is 9.59 Å². The standard InChI is InChI=1S/C19H23N3O4/c1-13(17(23)22-11-7-3-4-8-12-22)26-19(25)16-14-9-5-6-10-15(14)18(24)21(2)20-16/h5-6,9-10,13H,3-4,7-8,11-12H2,1-2H3/t13-/m1/s1. The maximum absolute atomic E-state index is 12.6. The maximum atomic E-state index is 12.6. The van der Waals surface area contributed by atoms with Crippen molar-refractivity contribution in [2.75, 3.05) is 13.1 Å². The van der Waals surface area contributed by atoms with Crippen molar-refractivity contribution in [3.8, 4) is 0 Å². The Morgan fingerprint density at radius 2 is 1.69 bits per heavy atom. The molecule has 1 aliphatic rings. The fourth-order valence-electron chi connectivity index (χ4n) is 3.27. The monoisotopic (exact) mass is 357 g/mol. The molecule has 0 radical (unpaired) electrons. The van der Waals surface area contributed by atoms with Gasteiger partial charge in [-0.2, -0.15) is 5.10 Å². The number of rotatable bonds is 3. The minimum absolute atomic E-state index is 0.0400. The molecule has 2 heterocycles. The summed E-state index contributed by atoms with van der Waals surface area (Å²) in [5.74, 6) is -0.887. The number of nitrogens with zero attached hydrogens (tertiary/aromatic N) is 3. The van der Waals surface area contributed by atoms with Crippen LogP contribution >= 0.6 is 0 Å². The van der Waals surface area contributed by atoms with Crippen LogP contribution in [-0.2, 0) is 16.6 Å². The molecule has 7 nitrogen and oxygen atoms in total. The van der Waals surface area contributed by atoms with Crippen LogP contribution < -0.4 is 5.56 Å². The second-order valence-corrected chi connectivity index (χ2v) is 6.61. The Kier molecular flexibility index (Phi) is 5.35. The van der Waals surface area contributed by atoms with Crippen molar-refractivity contribution < 1.29 is 14.3 Å². The van der Waals surface area contributed by atoms with Crippen LogP contribution in [0.15, 0.2) is 29.1 Å². The number of benzene rings is 1. The molecule has 1 aliphatic heterocycles. The van der Waals surface area contributed by atoms with E-state index in [1.807, 2.05) is 0 Å². The molecule has 138 valence electrons. The molecule has 1 aromatic heterocycles. The Bertz CT molecular complexity index is 882. The van der Waals surface area contributed by atoms with Crippen molar-refractivity contribution >= 4 is 22.6 Å². The van der Waals surface area contributed by atoms with E-state index in [2.05, 4.69) is 5.10 Å². The number of amides is 1. The van der Waals surface area contributed by atoms with E-state index in [-0.39, 0.29) is 17.2 Å².